The number of fused-ring (bicyclic) bond motifs is 1. The van der Waals surface area contributed by atoms with Crippen molar-refractivity contribution in [2.24, 2.45) is 0 Å². The highest BCUT2D eigenvalue weighted by atomic mass is 16.5. The molecule has 0 spiro atoms. The number of hydrogen-bond acceptors (Lipinski definition) is 7. The maximum Gasteiger partial charge on any atom is 0.243 e. The number of likely N-dealkylation sites (N-methyl/N-ethyl adjacent to an activating group) is 1. The summed E-state index contributed by atoms with van der Waals surface area (Å²) in [7, 11) is 2.15. The molecule has 1 amide bonds. The number of piperazine rings is 1. The fourth-order valence-electron chi connectivity index (χ4n) is 3.83. The number of hydrogen-bond donors (Lipinski definition) is 3. The minimum Gasteiger partial charge on any atom is -0.438 e. The quantitative estimate of drug-likeness (QED) is 0.219. The first-order chi connectivity index (χ1) is 17.9. The van der Waals surface area contributed by atoms with Crippen molar-refractivity contribution in [3.05, 3.63) is 85.3 Å². The van der Waals surface area contributed by atoms with Gasteiger partial charge in [-0.1, -0.05) is 19.2 Å². The first kappa shape index (κ1) is 25.7. The molecule has 3 aromatic rings. The average molecular weight is 500 g/mol. The van der Waals surface area contributed by atoms with Gasteiger partial charge in [-0.25, -0.2) is 0 Å². The third kappa shape index (κ3) is 6.86. The van der Waals surface area contributed by atoms with Crippen molar-refractivity contribution in [1.29, 1.82) is 0 Å². The first-order valence-corrected chi connectivity index (χ1v) is 12.2. The van der Waals surface area contributed by atoms with E-state index in [1.165, 1.54) is 11.8 Å². The van der Waals surface area contributed by atoms with Crippen LogP contribution in [-0.4, -0.2) is 65.5 Å². The molecule has 37 heavy (non-hydrogen) atoms. The van der Waals surface area contributed by atoms with Gasteiger partial charge < -0.3 is 30.2 Å². The Balaban J connectivity index is 1.45. The standard InChI is InChI=1S/C28H33N7O2/c1-5-23(12-7-20(3)19-30-25(36)6-2)37-27-24-13-14-29-26(24)32-28(33-27)31-21-8-10-22(11-9-21)35-17-15-34(4)16-18-35/h5-14H,2-3,15-19H2,1,4H3,(H,30,36)(H2,29,31,32,33)/b12-7-,23-5+. The van der Waals surface area contributed by atoms with Gasteiger partial charge in [0.2, 0.25) is 17.7 Å². The topological polar surface area (TPSA) is 98.4 Å². The third-order valence-corrected chi connectivity index (χ3v) is 6.03. The van der Waals surface area contributed by atoms with E-state index in [1.807, 2.05) is 31.2 Å². The second kappa shape index (κ2) is 12.0. The highest BCUT2D eigenvalue weighted by Crippen LogP contribution is 2.27. The molecule has 0 aliphatic carbocycles. The van der Waals surface area contributed by atoms with Gasteiger partial charge >= 0.3 is 0 Å². The van der Waals surface area contributed by atoms with Crippen LogP contribution < -0.4 is 20.3 Å². The lowest BCUT2D eigenvalue weighted by Crippen LogP contribution is -2.44. The summed E-state index contributed by atoms with van der Waals surface area (Å²) < 4.78 is 6.13. The molecule has 0 saturated carbocycles. The van der Waals surface area contributed by atoms with Crippen molar-refractivity contribution < 1.29 is 9.53 Å². The van der Waals surface area contributed by atoms with Gasteiger partial charge in [0, 0.05) is 50.3 Å². The zero-order valence-corrected chi connectivity index (χ0v) is 21.3. The maximum atomic E-state index is 11.4. The second-order valence-corrected chi connectivity index (χ2v) is 8.76. The average Bonchev–Trinajstić information content (AvgIpc) is 3.39. The monoisotopic (exact) mass is 499 g/mol. The van der Waals surface area contributed by atoms with E-state index >= 15 is 0 Å². The van der Waals surface area contributed by atoms with Gasteiger partial charge in [0.15, 0.2) is 0 Å². The molecule has 1 aromatic carbocycles. The van der Waals surface area contributed by atoms with Gasteiger partial charge in [-0.3, -0.25) is 4.79 Å². The van der Waals surface area contributed by atoms with Crippen LogP contribution in [0.2, 0.25) is 0 Å². The van der Waals surface area contributed by atoms with E-state index in [0.717, 1.165) is 42.8 Å². The number of allylic oxidation sites excluding steroid dienone is 2. The number of amides is 1. The Bertz CT molecular complexity index is 1320. The number of rotatable bonds is 10. The van der Waals surface area contributed by atoms with Crippen LogP contribution in [0.5, 0.6) is 5.88 Å². The number of ether oxygens (including phenoxy) is 1. The Morgan fingerprint density at radius 1 is 1.14 bits per heavy atom. The normalized spacial score (nSPS) is 14.6. The largest absolute Gasteiger partial charge is 0.438 e. The van der Waals surface area contributed by atoms with Crippen LogP contribution in [0, 0.1) is 0 Å². The molecule has 0 unspecified atom stereocenters. The van der Waals surface area contributed by atoms with Gasteiger partial charge in [0.05, 0.1) is 5.39 Å². The zero-order chi connectivity index (χ0) is 26.2. The number of aromatic nitrogens is 3. The fraction of sp³-hybridized carbons (Fsp3) is 0.250. The molecule has 1 aliphatic rings. The van der Waals surface area contributed by atoms with E-state index in [0.29, 0.717) is 29.8 Å². The minimum absolute atomic E-state index is 0.248. The summed E-state index contributed by atoms with van der Waals surface area (Å²) in [4.78, 5) is 28.5. The summed E-state index contributed by atoms with van der Waals surface area (Å²) in [5.74, 6) is 1.18. The summed E-state index contributed by atoms with van der Waals surface area (Å²) in [6, 6.07) is 10.2. The number of benzene rings is 1. The van der Waals surface area contributed by atoms with Crippen molar-refractivity contribution in [3.63, 3.8) is 0 Å². The molecule has 4 rings (SSSR count). The molecule has 3 heterocycles. The molecule has 0 radical (unpaired) electrons. The molecule has 3 N–H and O–H groups in total. The Morgan fingerprint density at radius 2 is 1.89 bits per heavy atom. The number of anilines is 3. The van der Waals surface area contributed by atoms with Crippen LogP contribution in [0.15, 0.2) is 85.3 Å². The summed E-state index contributed by atoms with van der Waals surface area (Å²) in [6.45, 7) is 13.8. The van der Waals surface area contributed by atoms with E-state index in [1.54, 1.807) is 18.3 Å². The van der Waals surface area contributed by atoms with E-state index < -0.39 is 0 Å². The molecule has 9 nitrogen and oxygen atoms in total. The summed E-state index contributed by atoms with van der Waals surface area (Å²) in [5, 5.41) is 6.75. The number of nitrogens with zero attached hydrogens (tertiary/aromatic N) is 4. The van der Waals surface area contributed by atoms with E-state index in [2.05, 4.69) is 67.7 Å². The van der Waals surface area contributed by atoms with E-state index in [9.17, 15) is 4.79 Å². The lowest BCUT2D eigenvalue weighted by molar-refractivity contribution is -0.116. The zero-order valence-electron chi connectivity index (χ0n) is 21.3. The van der Waals surface area contributed by atoms with E-state index in [-0.39, 0.29) is 5.91 Å². The van der Waals surface area contributed by atoms with Crippen LogP contribution in [0.1, 0.15) is 6.92 Å². The van der Waals surface area contributed by atoms with Gasteiger partial charge in [-0.05, 0) is 68.1 Å². The third-order valence-electron chi connectivity index (χ3n) is 6.03. The smallest absolute Gasteiger partial charge is 0.243 e. The highest BCUT2D eigenvalue weighted by molar-refractivity contribution is 5.87. The number of carbonyl (C=O) groups is 1. The van der Waals surface area contributed by atoms with Gasteiger partial charge in [0.1, 0.15) is 11.4 Å². The van der Waals surface area contributed by atoms with Crippen LogP contribution in [0.25, 0.3) is 11.0 Å². The predicted octanol–water partition coefficient (Wildman–Crippen LogP) is 4.15. The Labute approximate surface area is 217 Å². The van der Waals surface area contributed by atoms with Crippen molar-refractivity contribution in [2.45, 2.75) is 6.92 Å². The summed E-state index contributed by atoms with van der Waals surface area (Å²) in [5.41, 5.74) is 3.48. The maximum absolute atomic E-state index is 11.4. The molecule has 1 fully saturated rings. The van der Waals surface area contributed by atoms with Crippen molar-refractivity contribution in [3.8, 4) is 5.88 Å². The number of nitrogens with one attached hydrogen (secondary N) is 3. The molecular weight excluding hydrogens is 466 g/mol. The molecule has 1 aliphatic heterocycles. The highest BCUT2D eigenvalue weighted by Gasteiger charge is 2.15. The minimum atomic E-state index is -0.248. The second-order valence-electron chi connectivity index (χ2n) is 8.76. The lowest BCUT2D eigenvalue weighted by atomic mass is 10.2. The van der Waals surface area contributed by atoms with Crippen LogP contribution in [-0.2, 0) is 4.79 Å². The SMILES string of the molecule is C=CC(=O)NCC(=C)/C=C\C(=C/C)Oc1nc(Nc2ccc(N3CCN(C)CC3)cc2)nc2[nH]ccc12. The molecule has 0 bridgehead atoms. The Hall–Kier alpha value is -4.37. The van der Waals surface area contributed by atoms with Gasteiger partial charge in [-0.15, -0.1) is 0 Å². The Kier molecular flexibility index (Phi) is 8.37. The van der Waals surface area contributed by atoms with Crippen molar-refractivity contribution >= 4 is 34.3 Å². The van der Waals surface area contributed by atoms with Crippen LogP contribution in [0.3, 0.4) is 0 Å². The number of carbonyl (C=O) groups excluding carboxylic acids is 1. The Morgan fingerprint density at radius 3 is 2.59 bits per heavy atom. The van der Waals surface area contributed by atoms with Crippen molar-refractivity contribution in [1.82, 2.24) is 25.2 Å². The predicted molar refractivity (Wildman–Crippen MR) is 149 cm³/mol. The summed E-state index contributed by atoms with van der Waals surface area (Å²) in [6.07, 6.45) is 8.43. The van der Waals surface area contributed by atoms with E-state index in [4.69, 9.17) is 4.74 Å². The molecular formula is C28H33N7O2. The summed E-state index contributed by atoms with van der Waals surface area (Å²) >= 11 is 0. The fourth-order valence-corrected chi connectivity index (χ4v) is 3.83. The molecule has 0 atom stereocenters. The number of H-pyrrole nitrogens is 1. The molecule has 9 heteroatoms. The van der Waals surface area contributed by atoms with Gasteiger partial charge in [-0.2, -0.15) is 9.97 Å². The van der Waals surface area contributed by atoms with Gasteiger partial charge in [0.25, 0.3) is 0 Å². The van der Waals surface area contributed by atoms with Crippen LogP contribution in [0.4, 0.5) is 17.3 Å². The molecule has 1 saturated heterocycles. The number of aromatic amines is 1. The molecule has 192 valence electrons. The first-order valence-electron chi connectivity index (χ1n) is 12.2. The van der Waals surface area contributed by atoms with Crippen LogP contribution >= 0.6 is 0 Å². The van der Waals surface area contributed by atoms with Crippen molar-refractivity contribution in [2.75, 3.05) is 50.0 Å². The molecule has 2 aromatic heterocycles. The lowest BCUT2D eigenvalue weighted by Gasteiger charge is -2.34.